The molecule has 7 heteroatoms. The molecule has 150 valence electrons. The smallest absolute Gasteiger partial charge is 0.232 e. The predicted octanol–water partition coefficient (Wildman–Crippen LogP) is 3.65. The molecule has 3 heterocycles. The van der Waals surface area contributed by atoms with E-state index in [-0.39, 0.29) is 0 Å². The number of hydrogen-bond acceptors (Lipinski definition) is 5. The Labute approximate surface area is 169 Å². The van der Waals surface area contributed by atoms with Gasteiger partial charge in [0, 0.05) is 38.8 Å². The van der Waals surface area contributed by atoms with Crippen molar-refractivity contribution in [1.82, 2.24) is 15.3 Å². The van der Waals surface area contributed by atoms with Gasteiger partial charge in [0.1, 0.15) is 11.6 Å². The summed E-state index contributed by atoms with van der Waals surface area (Å²) in [4.78, 5) is 14.4. The number of thiocarbonyl (C=S) groups is 1. The normalized spacial score (nSPS) is 23.2. The van der Waals surface area contributed by atoms with Crippen LogP contribution in [0.4, 0.5) is 17.6 Å². The van der Waals surface area contributed by atoms with Crippen molar-refractivity contribution in [2.75, 3.05) is 47.8 Å². The van der Waals surface area contributed by atoms with Crippen molar-refractivity contribution in [1.29, 1.82) is 0 Å². The summed E-state index contributed by atoms with van der Waals surface area (Å²) in [5, 5.41) is 7.01. The minimum absolute atomic E-state index is 0.596. The lowest BCUT2D eigenvalue weighted by Gasteiger charge is -2.36. The third kappa shape index (κ3) is 5.67. The predicted molar refractivity (Wildman–Crippen MR) is 118 cm³/mol. The largest absolute Gasteiger partial charge is 0.362 e. The van der Waals surface area contributed by atoms with Gasteiger partial charge in [-0.3, -0.25) is 0 Å². The van der Waals surface area contributed by atoms with Crippen LogP contribution in [0.25, 0.3) is 0 Å². The summed E-state index contributed by atoms with van der Waals surface area (Å²) in [7, 11) is 0. The molecule has 0 amide bonds. The third-order valence-electron chi connectivity index (χ3n) is 5.33. The van der Waals surface area contributed by atoms with Crippen LogP contribution in [0.15, 0.2) is 6.07 Å². The Morgan fingerprint density at radius 2 is 1.70 bits per heavy atom. The van der Waals surface area contributed by atoms with Crippen LogP contribution in [0.1, 0.15) is 52.9 Å². The summed E-state index contributed by atoms with van der Waals surface area (Å²) in [5.74, 6) is 4.01. The Kier molecular flexibility index (Phi) is 7.10. The second-order valence-corrected chi connectivity index (χ2v) is 8.60. The minimum atomic E-state index is 0.596. The lowest BCUT2D eigenvalue weighted by Crippen LogP contribution is -2.40. The Morgan fingerprint density at radius 3 is 2.33 bits per heavy atom. The highest BCUT2D eigenvalue weighted by molar-refractivity contribution is 7.80. The monoisotopic (exact) mass is 390 g/mol. The Balaban J connectivity index is 1.84. The molecule has 0 spiro atoms. The van der Waals surface area contributed by atoms with Crippen LogP contribution in [0.2, 0.25) is 0 Å². The summed E-state index contributed by atoms with van der Waals surface area (Å²) >= 11 is 5.41. The molecule has 2 saturated heterocycles. The number of aromatic nitrogens is 2. The van der Waals surface area contributed by atoms with Crippen molar-refractivity contribution >= 4 is 34.9 Å². The van der Waals surface area contributed by atoms with Gasteiger partial charge in [0.25, 0.3) is 0 Å². The first-order valence-corrected chi connectivity index (χ1v) is 10.9. The second-order valence-electron chi connectivity index (χ2n) is 8.19. The van der Waals surface area contributed by atoms with E-state index in [1.54, 1.807) is 0 Å². The molecule has 0 saturated carbocycles. The third-order valence-corrected chi connectivity index (χ3v) is 5.58. The molecule has 0 radical (unpaired) electrons. The summed E-state index contributed by atoms with van der Waals surface area (Å²) in [6.45, 7) is 11.9. The lowest BCUT2D eigenvalue weighted by molar-refractivity contribution is 0.355. The zero-order chi connectivity index (χ0) is 19.2. The van der Waals surface area contributed by atoms with Gasteiger partial charge in [-0.1, -0.05) is 20.8 Å². The fourth-order valence-electron chi connectivity index (χ4n) is 4.16. The highest BCUT2D eigenvalue weighted by Crippen LogP contribution is 2.29. The fraction of sp³-hybridized carbons (Fsp3) is 0.750. The first-order valence-electron chi connectivity index (χ1n) is 10.5. The van der Waals surface area contributed by atoms with Crippen LogP contribution in [0, 0.1) is 11.8 Å². The molecule has 1 aromatic heterocycles. The van der Waals surface area contributed by atoms with Crippen LogP contribution >= 0.6 is 12.2 Å². The lowest BCUT2D eigenvalue weighted by atomic mass is 9.92. The van der Waals surface area contributed by atoms with E-state index in [0.29, 0.717) is 22.9 Å². The molecule has 2 N–H and O–H groups in total. The van der Waals surface area contributed by atoms with E-state index in [4.69, 9.17) is 22.2 Å². The van der Waals surface area contributed by atoms with E-state index in [9.17, 15) is 0 Å². The molecule has 2 aliphatic heterocycles. The quantitative estimate of drug-likeness (QED) is 0.744. The van der Waals surface area contributed by atoms with Gasteiger partial charge < -0.3 is 20.4 Å². The molecule has 2 atom stereocenters. The summed E-state index contributed by atoms with van der Waals surface area (Å²) in [5.41, 5.74) is 0. The zero-order valence-electron chi connectivity index (χ0n) is 17.0. The molecule has 6 nitrogen and oxygen atoms in total. The SMILES string of the molecule is CCCNC(=S)Nc1nc(N2CCCCC2)cc(N2C[C@H](C)C[C@@H](C)C2)n1. The molecule has 0 aromatic carbocycles. The number of hydrogen-bond donors (Lipinski definition) is 2. The molecule has 2 fully saturated rings. The number of piperidine rings is 2. The van der Waals surface area contributed by atoms with E-state index in [2.05, 4.69) is 47.3 Å². The average molecular weight is 391 g/mol. The molecule has 0 aliphatic carbocycles. The maximum atomic E-state index is 5.41. The maximum absolute atomic E-state index is 5.41. The number of nitrogens with one attached hydrogen (secondary N) is 2. The number of anilines is 3. The molecule has 1 aromatic rings. The topological polar surface area (TPSA) is 56.3 Å². The van der Waals surface area contributed by atoms with Crippen molar-refractivity contribution in [3.63, 3.8) is 0 Å². The fourth-order valence-corrected chi connectivity index (χ4v) is 4.35. The van der Waals surface area contributed by atoms with E-state index in [0.717, 1.165) is 50.8 Å². The van der Waals surface area contributed by atoms with E-state index in [1.807, 2.05) is 0 Å². The first-order chi connectivity index (χ1) is 13.0. The maximum Gasteiger partial charge on any atom is 0.232 e. The van der Waals surface area contributed by atoms with Crippen LogP contribution in [0.5, 0.6) is 0 Å². The zero-order valence-corrected chi connectivity index (χ0v) is 17.8. The molecule has 0 bridgehead atoms. The Bertz CT molecular complexity index is 621. The van der Waals surface area contributed by atoms with Crippen molar-refractivity contribution in [3.05, 3.63) is 6.07 Å². The molecule has 27 heavy (non-hydrogen) atoms. The first kappa shape index (κ1) is 20.1. The Hall–Kier alpha value is -1.63. The number of rotatable bonds is 5. The van der Waals surface area contributed by atoms with Gasteiger partial charge in [-0.15, -0.1) is 0 Å². The summed E-state index contributed by atoms with van der Waals surface area (Å²) in [6.07, 6.45) is 6.10. The van der Waals surface area contributed by atoms with Crippen LogP contribution in [-0.2, 0) is 0 Å². The van der Waals surface area contributed by atoms with Gasteiger partial charge >= 0.3 is 0 Å². The Morgan fingerprint density at radius 1 is 1.07 bits per heavy atom. The van der Waals surface area contributed by atoms with Gasteiger partial charge in [-0.25, -0.2) is 0 Å². The van der Waals surface area contributed by atoms with Crippen molar-refractivity contribution in [2.24, 2.45) is 11.8 Å². The standard InChI is InChI=1S/C20H34N6S/c1-4-8-21-20(27)24-19-22-17(25-9-6-5-7-10-25)12-18(23-19)26-13-15(2)11-16(3)14-26/h12,15-16H,4-11,13-14H2,1-3H3,(H2,21,22,23,24,27)/t15-,16-/m1/s1. The van der Waals surface area contributed by atoms with E-state index < -0.39 is 0 Å². The number of nitrogens with zero attached hydrogens (tertiary/aromatic N) is 4. The molecule has 3 rings (SSSR count). The van der Waals surface area contributed by atoms with Crippen molar-refractivity contribution in [2.45, 2.75) is 52.9 Å². The van der Waals surface area contributed by atoms with Crippen LogP contribution in [-0.4, -0.2) is 47.8 Å². The van der Waals surface area contributed by atoms with Gasteiger partial charge in [0.2, 0.25) is 5.95 Å². The van der Waals surface area contributed by atoms with Gasteiger partial charge in [-0.05, 0) is 56.2 Å². The molecular formula is C20H34N6S. The minimum Gasteiger partial charge on any atom is -0.362 e. The van der Waals surface area contributed by atoms with Crippen LogP contribution < -0.4 is 20.4 Å². The molecule has 0 unspecified atom stereocenters. The molecular weight excluding hydrogens is 356 g/mol. The van der Waals surface area contributed by atoms with E-state index in [1.165, 1.54) is 25.7 Å². The van der Waals surface area contributed by atoms with Gasteiger partial charge in [0.15, 0.2) is 5.11 Å². The second kappa shape index (κ2) is 9.53. The van der Waals surface area contributed by atoms with E-state index >= 15 is 0 Å². The molecule has 2 aliphatic rings. The highest BCUT2D eigenvalue weighted by atomic mass is 32.1. The van der Waals surface area contributed by atoms with Gasteiger partial charge in [0.05, 0.1) is 0 Å². The van der Waals surface area contributed by atoms with Crippen molar-refractivity contribution in [3.8, 4) is 0 Å². The summed E-state index contributed by atoms with van der Waals surface area (Å²) < 4.78 is 0. The average Bonchev–Trinajstić information content (AvgIpc) is 2.66. The van der Waals surface area contributed by atoms with Gasteiger partial charge in [-0.2, -0.15) is 9.97 Å². The highest BCUT2D eigenvalue weighted by Gasteiger charge is 2.24. The van der Waals surface area contributed by atoms with Crippen LogP contribution in [0.3, 0.4) is 0 Å². The van der Waals surface area contributed by atoms with Crippen molar-refractivity contribution < 1.29 is 0 Å². The summed E-state index contributed by atoms with van der Waals surface area (Å²) in [6, 6.07) is 2.17.